The number of ether oxygens (including phenoxy) is 1. The van der Waals surface area contributed by atoms with Gasteiger partial charge in [0, 0.05) is 18.7 Å². The van der Waals surface area contributed by atoms with Crippen molar-refractivity contribution in [3.8, 4) is 5.75 Å². The van der Waals surface area contributed by atoms with Crippen LogP contribution in [-0.4, -0.2) is 19.2 Å². The summed E-state index contributed by atoms with van der Waals surface area (Å²) in [7, 11) is 1.48. The summed E-state index contributed by atoms with van der Waals surface area (Å²) in [6.07, 6.45) is 7.20. The maximum atomic E-state index is 13.3. The van der Waals surface area contributed by atoms with Crippen molar-refractivity contribution >= 4 is 6.03 Å². The van der Waals surface area contributed by atoms with Crippen LogP contribution < -0.4 is 15.4 Å². The average Bonchev–Trinajstić information content (AvgIpc) is 2.45. The molecule has 0 bridgehead atoms. The van der Waals surface area contributed by atoms with Crippen molar-refractivity contribution in [2.24, 2.45) is 0 Å². The fourth-order valence-electron chi connectivity index (χ4n) is 2.18. The van der Waals surface area contributed by atoms with E-state index in [0.717, 1.165) is 19.3 Å². The van der Waals surface area contributed by atoms with Crippen LogP contribution in [0.3, 0.4) is 0 Å². The summed E-state index contributed by atoms with van der Waals surface area (Å²) >= 11 is 0. The predicted molar refractivity (Wildman–Crippen MR) is 75.1 cm³/mol. The van der Waals surface area contributed by atoms with Gasteiger partial charge in [-0.15, -0.1) is 0 Å². The van der Waals surface area contributed by atoms with E-state index < -0.39 is 0 Å². The minimum absolute atomic E-state index is 0.0887. The van der Waals surface area contributed by atoms with Crippen LogP contribution >= 0.6 is 0 Å². The Hall–Kier alpha value is -2.04. The summed E-state index contributed by atoms with van der Waals surface area (Å²) in [5.74, 6) is 0.0641. The Morgan fingerprint density at radius 1 is 1.45 bits per heavy atom. The Kier molecular flexibility index (Phi) is 4.98. The number of urea groups is 1. The number of nitrogens with one attached hydrogen (secondary N) is 2. The minimum atomic E-state index is -0.378. The van der Waals surface area contributed by atoms with Crippen LogP contribution in [0.25, 0.3) is 0 Å². The largest absolute Gasteiger partial charge is 0.497 e. The molecule has 1 aromatic carbocycles. The SMILES string of the molecule is COc1cc(F)cc(CNC(=O)NC2C=CCCC2)c1. The molecule has 1 atom stereocenters. The number of hydrogen-bond donors (Lipinski definition) is 2. The van der Waals surface area contributed by atoms with E-state index in [1.54, 1.807) is 6.07 Å². The highest BCUT2D eigenvalue weighted by molar-refractivity contribution is 5.74. The molecular formula is C15H19FN2O2. The molecule has 0 saturated carbocycles. The van der Waals surface area contributed by atoms with Crippen LogP contribution in [0.15, 0.2) is 30.4 Å². The second kappa shape index (κ2) is 6.93. The number of allylic oxidation sites excluding steroid dienone is 1. The third-order valence-electron chi connectivity index (χ3n) is 3.19. The monoisotopic (exact) mass is 278 g/mol. The van der Waals surface area contributed by atoms with E-state index in [0.29, 0.717) is 11.3 Å². The average molecular weight is 278 g/mol. The molecular weight excluding hydrogens is 259 g/mol. The van der Waals surface area contributed by atoms with Crippen molar-refractivity contribution in [3.05, 3.63) is 41.7 Å². The highest BCUT2D eigenvalue weighted by atomic mass is 19.1. The van der Waals surface area contributed by atoms with Gasteiger partial charge in [-0.05, 0) is 37.0 Å². The lowest BCUT2D eigenvalue weighted by molar-refractivity contribution is 0.237. The van der Waals surface area contributed by atoms with E-state index in [9.17, 15) is 9.18 Å². The van der Waals surface area contributed by atoms with Gasteiger partial charge in [-0.3, -0.25) is 0 Å². The number of amides is 2. The van der Waals surface area contributed by atoms with Crippen LogP contribution in [-0.2, 0) is 6.54 Å². The van der Waals surface area contributed by atoms with Crippen molar-refractivity contribution in [1.82, 2.24) is 10.6 Å². The quantitative estimate of drug-likeness (QED) is 0.832. The van der Waals surface area contributed by atoms with Gasteiger partial charge in [-0.25, -0.2) is 9.18 Å². The zero-order valence-electron chi connectivity index (χ0n) is 11.5. The van der Waals surface area contributed by atoms with Gasteiger partial charge in [-0.1, -0.05) is 12.2 Å². The molecule has 5 heteroatoms. The normalized spacial score (nSPS) is 17.6. The van der Waals surface area contributed by atoms with Gasteiger partial charge in [0.25, 0.3) is 0 Å². The van der Waals surface area contributed by atoms with Crippen LogP contribution in [0.2, 0.25) is 0 Å². The lowest BCUT2D eigenvalue weighted by atomic mass is 10.0. The zero-order chi connectivity index (χ0) is 14.4. The maximum Gasteiger partial charge on any atom is 0.315 e. The van der Waals surface area contributed by atoms with E-state index in [1.807, 2.05) is 6.08 Å². The summed E-state index contributed by atoms with van der Waals surface area (Å²) in [4.78, 5) is 11.7. The van der Waals surface area contributed by atoms with Gasteiger partial charge < -0.3 is 15.4 Å². The second-order valence-electron chi connectivity index (χ2n) is 4.79. The standard InChI is InChI=1S/C15H19FN2O2/c1-20-14-8-11(7-12(16)9-14)10-17-15(19)18-13-5-3-2-4-6-13/h3,5,7-9,13H,2,4,6,10H2,1H3,(H2,17,18,19). The second-order valence-corrected chi connectivity index (χ2v) is 4.79. The van der Waals surface area contributed by atoms with E-state index in [2.05, 4.69) is 16.7 Å². The molecule has 1 aliphatic carbocycles. The summed E-state index contributed by atoms with van der Waals surface area (Å²) in [6, 6.07) is 4.22. The molecule has 2 N–H and O–H groups in total. The molecule has 1 aliphatic rings. The molecule has 1 aromatic rings. The summed E-state index contributed by atoms with van der Waals surface area (Å²) in [5.41, 5.74) is 0.663. The number of rotatable bonds is 4. The molecule has 0 aliphatic heterocycles. The zero-order valence-corrected chi connectivity index (χ0v) is 11.5. The van der Waals surface area contributed by atoms with E-state index in [4.69, 9.17) is 4.74 Å². The number of benzene rings is 1. The molecule has 0 saturated heterocycles. The molecule has 2 amide bonds. The summed E-state index contributed by atoms with van der Waals surface area (Å²) in [6.45, 7) is 0.260. The maximum absolute atomic E-state index is 13.3. The lowest BCUT2D eigenvalue weighted by Crippen LogP contribution is -2.41. The summed E-state index contributed by atoms with van der Waals surface area (Å²) < 4.78 is 18.3. The first kappa shape index (κ1) is 14.4. The fraction of sp³-hybridized carbons (Fsp3) is 0.400. The summed E-state index contributed by atoms with van der Waals surface area (Å²) in [5, 5.41) is 5.59. The minimum Gasteiger partial charge on any atom is -0.497 e. The van der Waals surface area contributed by atoms with Crippen LogP contribution in [0.5, 0.6) is 5.75 Å². The predicted octanol–water partition coefficient (Wildman–Crippen LogP) is 2.74. The molecule has 1 unspecified atom stereocenters. The molecule has 0 radical (unpaired) electrons. The van der Waals surface area contributed by atoms with Gasteiger partial charge >= 0.3 is 6.03 Å². The highest BCUT2D eigenvalue weighted by Gasteiger charge is 2.11. The number of halogens is 1. The number of hydrogen-bond acceptors (Lipinski definition) is 2. The molecule has 108 valence electrons. The first-order valence-electron chi connectivity index (χ1n) is 6.72. The van der Waals surface area contributed by atoms with Crippen molar-refractivity contribution in [1.29, 1.82) is 0 Å². The topological polar surface area (TPSA) is 50.4 Å². The van der Waals surface area contributed by atoms with Gasteiger partial charge in [0.05, 0.1) is 7.11 Å². The first-order valence-corrected chi connectivity index (χ1v) is 6.72. The highest BCUT2D eigenvalue weighted by Crippen LogP contribution is 2.15. The van der Waals surface area contributed by atoms with E-state index in [-0.39, 0.29) is 24.4 Å². The van der Waals surface area contributed by atoms with Crippen LogP contribution in [0, 0.1) is 5.82 Å². The van der Waals surface area contributed by atoms with Gasteiger partial charge in [0.15, 0.2) is 0 Å². The van der Waals surface area contributed by atoms with Crippen LogP contribution in [0.4, 0.5) is 9.18 Å². The van der Waals surface area contributed by atoms with Crippen molar-refractivity contribution in [2.45, 2.75) is 31.8 Å². The van der Waals surface area contributed by atoms with Crippen molar-refractivity contribution < 1.29 is 13.9 Å². The first-order chi connectivity index (χ1) is 9.67. The van der Waals surface area contributed by atoms with E-state index >= 15 is 0 Å². The number of carbonyl (C=O) groups is 1. The number of methoxy groups -OCH3 is 1. The van der Waals surface area contributed by atoms with Gasteiger partial charge in [-0.2, -0.15) is 0 Å². The lowest BCUT2D eigenvalue weighted by Gasteiger charge is -2.18. The molecule has 4 nitrogen and oxygen atoms in total. The molecule has 2 rings (SSSR count). The third kappa shape index (κ3) is 4.26. The fourth-order valence-corrected chi connectivity index (χ4v) is 2.18. The molecule has 0 heterocycles. The Morgan fingerprint density at radius 2 is 2.30 bits per heavy atom. The van der Waals surface area contributed by atoms with Crippen LogP contribution in [0.1, 0.15) is 24.8 Å². The molecule has 0 fully saturated rings. The van der Waals surface area contributed by atoms with Crippen molar-refractivity contribution in [2.75, 3.05) is 7.11 Å². The Balaban J connectivity index is 1.85. The Labute approximate surface area is 118 Å². The molecule has 0 spiro atoms. The molecule has 20 heavy (non-hydrogen) atoms. The van der Waals surface area contributed by atoms with Gasteiger partial charge in [0.1, 0.15) is 11.6 Å². The van der Waals surface area contributed by atoms with Gasteiger partial charge in [0.2, 0.25) is 0 Å². The van der Waals surface area contributed by atoms with Crippen molar-refractivity contribution in [3.63, 3.8) is 0 Å². The van der Waals surface area contributed by atoms with E-state index in [1.165, 1.54) is 19.2 Å². The Bertz CT molecular complexity index is 503. The Morgan fingerprint density at radius 3 is 3.00 bits per heavy atom. The molecule has 0 aromatic heterocycles. The number of carbonyl (C=O) groups excluding carboxylic acids is 1. The third-order valence-corrected chi connectivity index (χ3v) is 3.19. The smallest absolute Gasteiger partial charge is 0.315 e.